The van der Waals surface area contributed by atoms with Crippen LogP contribution in [0.1, 0.15) is 60.9 Å². The van der Waals surface area contributed by atoms with Gasteiger partial charge in [0.2, 0.25) is 5.91 Å². The minimum atomic E-state index is -0.0699. The maximum atomic E-state index is 12.6. The molecule has 0 aliphatic heterocycles. The van der Waals surface area contributed by atoms with E-state index < -0.39 is 0 Å². The molecule has 0 saturated carbocycles. The van der Waals surface area contributed by atoms with E-state index in [0.29, 0.717) is 12.2 Å². The van der Waals surface area contributed by atoms with Crippen molar-refractivity contribution in [1.29, 1.82) is 0 Å². The molecule has 1 aromatic carbocycles. The number of amides is 1. The first-order valence-electron chi connectivity index (χ1n) is 10.6. The summed E-state index contributed by atoms with van der Waals surface area (Å²) in [5.41, 5.74) is 3.22. The number of aromatic amines is 1. The number of hydrogen-bond donors (Lipinski definition) is 2. The smallest absolute Gasteiger partial charge is 0.259 e. The Hall–Kier alpha value is -2.47. The summed E-state index contributed by atoms with van der Waals surface area (Å²) >= 11 is 1.64. The minimum absolute atomic E-state index is 0.0625. The molecule has 2 heterocycles. The highest BCUT2D eigenvalue weighted by molar-refractivity contribution is 7.18. The van der Waals surface area contributed by atoms with Gasteiger partial charge >= 0.3 is 0 Å². The number of anilines is 1. The van der Waals surface area contributed by atoms with E-state index in [1.165, 1.54) is 35.3 Å². The molecule has 4 rings (SSSR count). The molecule has 1 amide bonds. The number of nitrogens with zero attached hydrogens (tertiary/aromatic N) is 1. The topological polar surface area (TPSA) is 74.8 Å². The van der Waals surface area contributed by atoms with Gasteiger partial charge in [0.25, 0.3) is 5.56 Å². The number of thiophene rings is 1. The molecule has 152 valence electrons. The van der Waals surface area contributed by atoms with Gasteiger partial charge in [-0.15, -0.1) is 11.3 Å². The standard InChI is InChI=1S/C23H27N3O2S/c1-2-3-6-15-9-11-16(12-10-15)24-20(27)14-13-19-25-22(28)21-17-7-4-5-8-18(17)29-23(21)26-19/h9-12H,2-8,13-14H2,1H3,(H,24,27)(H,25,26,28). The lowest BCUT2D eigenvalue weighted by Gasteiger charge is -2.09. The third-order valence-electron chi connectivity index (χ3n) is 5.52. The molecule has 1 aliphatic rings. The fraction of sp³-hybridized carbons (Fsp3) is 0.435. The monoisotopic (exact) mass is 409 g/mol. The molecule has 2 N–H and O–H groups in total. The van der Waals surface area contributed by atoms with Gasteiger partial charge in [0, 0.05) is 23.4 Å². The van der Waals surface area contributed by atoms with Crippen molar-refractivity contribution in [2.75, 3.05) is 5.32 Å². The van der Waals surface area contributed by atoms with Gasteiger partial charge in [-0.1, -0.05) is 25.5 Å². The largest absolute Gasteiger partial charge is 0.326 e. The SMILES string of the molecule is CCCCc1ccc(NC(=O)CCc2nc3sc4c(c3c(=O)[nH]2)CCCC4)cc1. The highest BCUT2D eigenvalue weighted by atomic mass is 32.1. The molecule has 0 radical (unpaired) electrons. The number of benzene rings is 1. The number of hydrogen-bond acceptors (Lipinski definition) is 4. The summed E-state index contributed by atoms with van der Waals surface area (Å²) in [6, 6.07) is 8.03. The summed E-state index contributed by atoms with van der Waals surface area (Å²) in [4.78, 5) is 34.6. The van der Waals surface area contributed by atoms with Crippen LogP contribution in [-0.4, -0.2) is 15.9 Å². The first-order chi connectivity index (χ1) is 14.1. The quantitative estimate of drug-likeness (QED) is 0.590. The van der Waals surface area contributed by atoms with Crippen LogP contribution in [0.2, 0.25) is 0 Å². The second-order valence-corrected chi connectivity index (χ2v) is 8.84. The van der Waals surface area contributed by atoms with Gasteiger partial charge in [-0.3, -0.25) is 9.59 Å². The van der Waals surface area contributed by atoms with Gasteiger partial charge in [0.05, 0.1) is 5.39 Å². The number of carbonyl (C=O) groups is 1. The molecule has 2 aromatic heterocycles. The first kappa shape index (κ1) is 19.8. The van der Waals surface area contributed by atoms with E-state index in [4.69, 9.17) is 0 Å². The maximum Gasteiger partial charge on any atom is 0.259 e. The van der Waals surface area contributed by atoms with E-state index in [-0.39, 0.29) is 17.9 Å². The normalized spacial score (nSPS) is 13.4. The highest BCUT2D eigenvalue weighted by Crippen LogP contribution is 2.33. The lowest BCUT2D eigenvalue weighted by Crippen LogP contribution is -2.16. The molecule has 29 heavy (non-hydrogen) atoms. The number of unbranched alkanes of at least 4 members (excludes halogenated alkanes) is 1. The summed E-state index contributed by atoms with van der Waals surface area (Å²) in [5, 5.41) is 3.70. The molecular formula is C23H27N3O2S. The van der Waals surface area contributed by atoms with Gasteiger partial charge in [-0.25, -0.2) is 4.98 Å². The number of aromatic nitrogens is 2. The molecule has 0 atom stereocenters. The zero-order chi connectivity index (χ0) is 20.2. The van der Waals surface area contributed by atoms with Gasteiger partial charge in [-0.05, 0) is 61.8 Å². The lowest BCUT2D eigenvalue weighted by atomic mass is 9.97. The van der Waals surface area contributed by atoms with Crippen molar-refractivity contribution < 1.29 is 4.79 Å². The molecular weight excluding hydrogens is 382 g/mol. The predicted molar refractivity (Wildman–Crippen MR) is 119 cm³/mol. The number of carbonyl (C=O) groups excluding carboxylic acids is 1. The van der Waals surface area contributed by atoms with E-state index in [2.05, 4.69) is 34.3 Å². The number of aryl methyl sites for hydroxylation is 4. The third kappa shape index (κ3) is 4.58. The Bertz CT molecular complexity index is 1070. The second-order valence-electron chi connectivity index (χ2n) is 7.75. The fourth-order valence-electron chi connectivity index (χ4n) is 3.92. The van der Waals surface area contributed by atoms with Gasteiger partial charge in [-0.2, -0.15) is 0 Å². The van der Waals surface area contributed by atoms with Gasteiger partial charge < -0.3 is 10.3 Å². The summed E-state index contributed by atoms with van der Waals surface area (Å²) in [5.74, 6) is 0.519. The predicted octanol–water partition coefficient (Wildman–Crippen LogP) is 4.78. The number of fused-ring (bicyclic) bond motifs is 3. The molecule has 1 aliphatic carbocycles. The van der Waals surface area contributed by atoms with Gasteiger partial charge in [0.15, 0.2) is 0 Å². The van der Waals surface area contributed by atoms with E-state index in [9.17, 15) is 9.59 Å². The van der Waals surface area contributed by atoms with Crippen molar-refractivity contribution in [3.63, 3.8) is 0 Å². The van der Waals surface area contributed by atoms with Crippen LogP contribution in [0, 0.1) is 0 Å². The second kappa shape index (κ2) is 8.91. The summed E-state index contributed by atoms with van der Waals surface area (Å²) in [6.07, 6.45) is 8.47. The Labute approximate surface area is 174 Å². The molecule has 0 saturated heterocycles. The lowest BCUT2D eigenvalue weighted by molar-refractivity contribution is -0.116. The van der Waals surface area contributed by atoms with E-state index in [1.54, 1.807) is 11.3 Å². The Morgan fingerprint density at radius 1 is 1.17 bits per heavy atom. The zero-order valence-electron chi connectivity index (χ0n) is 16.8. The van der Waals surface area contributed by atoms with Crippen molar-refractivity contribution >= 4 is 33.1 Å². The molecule has 6 heteroatoms. The Morgan fingerprint density at radius 2 is 1.97 bits per heavy atom. The molecule has 5 nitrogen and oxygen atoms in total. The fourth-order valence-corrected chi connectivity index (χ4v) is 5.20. The van der Waals surface area contributed by atoms with Crippen LogP contribution >= 0.6 is 11.3 Å². The van der Waals surface area contributed by atoms with Gasteiger partial charge in [0.1, 0.15) is 10.7 Å². The van der Waals surface area contributed by atoms with E-state index >= 15 is 0 Å². The average molecular weight is 410 g/mol. The first-order valence-corrected chi connectivity index (χ1v) is 11.4. The van der Waals surface area contributed by atoms with Crippen LogP contribution in [0.5, 0.6) is 0 Å². The third-order valence-corrected chi connectivity index (χ3v) is 6.71. The van der Waals surface area contributed by atoms with Crippen molar-refractivity contribution in [2.45, 2.75) is 64.7 Å². The minimum Gasteiger partial charge on any atom is -0.326 e. The van der Waals surface area contributed by atoms with Crippen molar-refractivity contribution in [1.82, 2.24) is 9.97 Å². The number of H-pyrrole nitrogens is 1. The van der Waals surface area contributed by atoms with Crippen molar-refractivity contribution in [3.05, 3.63) is 56.4 Å². The van der Waals surface area contributed by atoms with Crippen LogP contribution in [0.15, 0.2) is 29.1 Å². The Kier molecular flexibility index (Phi) is 6.09. The van der Waals surface area contributed by atoms with Crippen molar-refractivity contribution in [3.8, 4) is 0 Å². The molecule has 0 fully saturated rings. The zero-order valence-corrected chi connectivity index (χ0v) is 17.7. The highest BCUT2D eigenvalue weighted by Gasteiger charge is 2.19. The molecule has 0 bridgehead atoms. The summed E-state index contributed by atoms with van der Waals surface area (Å²) < 4.78 is 0. The Balaban J connectivity index is 1.39. The average Bonchev–Trinajstić information content (AvgIpc) is 3.10. The van der Waals surface area contributed by atoms with Crippen LogP contribution in [0.25, 0.3) is 10.2 Å². The van der Waals surface area contributed by atoms with Crippen LogP contribution in [0.3, 0.4) is 0 Å². The molecule has 0 spiro atoms. The van der Waals surface area contributed by atoms with E-state index in [1.807, 2.05) is 12.1 Å². The van der Waals surface area contributed by atoms with Crippen LogP contribution in [-0.2, 0) is 30.5 Å². The van der Waals surface area contributed by atoms with E-state index in [0.717, 1.165) is 41.6 Å². The Morgan fingerprint density at radius 3 is 2.76 bits per heavy atom. The van der Waals surface area contributed by atoms with Crippen LogP contribution < -0.4 is 10.9 Å². The maximum absolute atomic E-state index is 12.6. The molecule has 0 unspecified atom stereocenters. The molecule has 3 aromatic rings. The number of rotatable bonds is 7. The van der Waals surface area contributed by atoms with Crippen molar-refractivity contribution in [2.24, 2.45) is 0 Å². The summed E-state index contributed by atoms with van der Waals surface area (Å²) in [7, 11) is 0. The van der Waals surface area contributed by atoms with Crippen LogP contribution in [0.4, 0.5) is 5.69 Å². The summed E-state index contributed by atoms with van der Waals surface area (Å²) in [6.45, 7) is 2.18. The number of nitrogens with one attached hydrogen (secondary N) is 2.